The van der Waals surface area contributed by atoms with Crippen LogP contribution < -0.4 is 5.32 Å². The summed E-state index contributed by atoms with van der Waals surface area (Å²) in [7, 11) is 0. The predicted molar refractivity (Wildman–Crippen MR) is 77.2 cm³/mol. The highest BCUT2D eigenvalue weighted by molar-refractivity contribution is 8.01. The number of aryl methyl sites for hydroxylation is 1. The minimum absolute atomic E-state index is 0.517. The fourth-order valence-electron chi connectivity index (χ4n) is 1.42. The second-order valence-corrected chi connectivity index (χ2v) is 6.46. The summed E-state index contributed by atoms with van der Waals surface area (Å²) in [6, 6.07) is 9.11. The maximum Gasteiger partial charge on any atom is 0.174 e. The van der Waals surface area contributed by atoms with Crippen LogP contribution in [0.5, 0.6) is 0 Å². The first kappa shape index (κ1) is 13.5. The maximum absolute atomic E-state index is 4.35. The first-order valence-corrected chi connectivity index (χ1v) is 7.53. The van der Waals surface area contributed by atoms with Crippen molar-refractivity contribution in [3.05, 3.63) is 35.7 Å². The van der Waals surface area contributed by atoms with Gasteiger partial charge in [0, 0.05) is 17.5 Å². The molecule has 0 aliphatic heterocycles. The van der Waals surface area contributed by atoms with Gasteiger partial charge in [0.15, 0.2) is 4.34 Å². The van der Waals surface area contributed by atoms with E-state index >= 15 is 0 Å². The van der Waals surface area contributed by atoms with E-state index in [9.17, 15) is 0 Å². The average molecular weight is 279 g/mol. The molecule has 0 aliphatic rings. The monoisotopic (exact) mass is 279 g/mol. The van der Waals surface area contributed by atoms with Crippen LogP contribution in [0, 0.1) is 6.92 Å². The smallest absolute Gasteiger partial charge is 0.174 e. The fourth-order valence-corrected chi connectivity index (χ4v) is 3.04. The summed E-state index contributed by atoms with van der Waals surface area (Å²) in [6.07, 6.45) is 0. The molecule has 1 aromatic carbocycles. The van der Waals surface area contributed by atoms with Gasteiger partial charge in [0.1, 0.15) is 5.82 Å². The Morgan fingerprint density at radius 2 is 2.00 bits per heavy atom. The first-order valence-electron chi connectivity index (χ1n) is 5.94. The number of nitrogens with zero attached hydrogens (tertiary/aromatic N) is 2. The van der Waals surface area contributed by atoms with Crippen LogP contribution >= 0.6 is 23.3 Å². The molecule has 96 valence electrons. The zero-order chi connectivity index (χ0) is 13.0. The van der Waals surface area contributed by atoms with Crippen molar-refractivity contribution in [3.8, 4) is 0 Å². The molecule has 0 bridgehead atoms. The highest BCUT2D eigenvalue weighted by atomic mass is 32.2. The molecule has 1 aromatic heterocycles. The molecule has 2 rings (SSSR count). The number of hydrogen-bond acceptors (Lipinski definition) is 5. The lowest BCUT2D eigenvalue weighted by molar-refractivity contribution is 0.588. The zero-order valence-corrected chi connectivity index (χ0v) is 12.4. The lowest BCUT2D eigenvalue weighted by Gasteiger charge is -2.08. The minimum atomic E-state index is 0.517. The molecule has 0 saturated heterocycles. The summed E-state index contributed by atoms with van der Waals surface area (Å²) in [5.41, 5.74) is 1.31. The van der Waals surface area contributed by atoms with E-state index in [0.717, 1.165) is 16.7 Å². The molecule has 0 saturated carbocycles. The molecular formula is C13H17N3S2. The molecule has 5 heteroatoms. The number of aromatic nitrogens is 2. The summed E-state index contributed by atoms with van der Waals surface area (Å²) < 4.78 is 5.18. The van der Waals surface area contributed by atoms with E-state index < -0.39 is 0 Å². The first-order chi connectivity index (χ1) is 8.63. The van der Waals surface area contributed by atoms with E-state index in [0.29, 0.717) is 6.04 Å². The Morgan fingerprint density at radius 1 is 1.28 bits per heavy atom. The minimum Gasteiger partial charge on any atom is -0.310 e. The Morgan fingerprint density at radius 3 is 2.56 bits per heavy atom. The van der Waals surface area contributed by atoms with Crippen LogP contribution in [0.15, 0.2) is 33.5 Å². The van der Waals surface area contributed by atoms with Gasteiger partial charge in [0.05, 0.1) is 0 Å². The quantitative estimate of drug-likeness (QED) is 0.909. The van der Waals surface area contributed by atoms with Crippen molar-refractivity contribution < 1.29 is 0 Å². The number of hydrogen-bond donors (Lipinski definition) is 1. The molecule has 1 N–H and O–H groups in total. The van der Waals surface area contributed by atoms with Crippen LogP contribution in [0.1, 0.15) is 25.2 Å². The molecule has 3 nitrogen and oxygen atoms in total. The molecule has 0 unspecified atom stereocenters. The second-order valence-electron chi connectivity index (χ2n) is 4.39. The van der Waals surface area contributed by atoms with Crippen molar-refractivity contribution >= 4 is 23.3 Å². The molecule has 18 heavy (non-hydrogen) atoms. The summed E-state index contributed by atoms with van der Waals surface area (Å²) in [5, 5.41) is 3.41. The van der Waals surface area contributed by atoms with E-state index in [1.807, 2.05) is 6.92 Å². The van der Waals surface area contributed by atoms with Gasteiger partial charge in [-0.2, -0.15) is 4.37 Å². The molecular weight excluding hydrogens is 262 g/mol. The molecule has 1 heterocycles. The predicted octanol–water partition coefficient (Wildman–Crippen LogP) is 3.50. The Kier molecular flexibility index (Phi) is 4.74. The van der Waals surface area contributed by atoms with Crippen molar-refractivity contribution in [3.63, 3.8) is 0 Å². The summed E-state index contributed by atoms with van der Waals surface area (Å²) in [4.78, 5) is 5.55. The largest absolute Gasteiger partial charge is 0.310 e. The van der Waals surface area contributed by atoms with Gasteiger partial charge in [0.2, 0.25) is 0 Å². The third-order valence-corrected chi connectivity index (χ3v) is 4.20. The Hall–Kier alpha value is -0.910. The SMILES string of the molecule is Cc1nsc(Sc2ccc(CNC(C)C)cc2)n1. The van der Waals surface area contributed by atoms with Crippen molar-refractivity contribution in [1.82, 2.24) is 14.7 Å². The third-order valence-electron chi connectivity index (χ3n) is 2.35. The lowest BCUT2D eigenvalue weighted by Crippen LogP contribution is -2.21. The summed E-state index contributed by atoms with van der Waals surface area (Å²) in [5.74, 6) is 0.847. The summed E-state index contributed by atoms with van der Waals surface area (Å²) >= 11 is 3.12. The fraction of sp³-hybridized carbons (Fsp3) is 0.385. The number of nitrogens with one attached hydrogen (secondary N) is 1. The molecule has 0 atom stereocenters. The lowest BCUT2D eigenvalue weighted by atomic mass is 10.2. The zero-order valence-electron chi connectivity index (χ0n) is 10.8. The van der Waals surface area contributed by atoms with Crippen LogP contribution in [0.2, 0.25) is 0 Å². The number of benzene rings is 1. The van der Waals surface area contributed by atoms with Crippen molar-refractivity contribution in [2.45, 2.75) is 42.6 Å². The van der Waals surface area contributed by atoms with Gasteiger partial charge >= 0.3 is 0 Å². The van der Waals surface area contributed by atoms with Gasteiger partial charge in [-0.1, -0.05) is 37.7 Å². The van der Waals surface area contributed by atoms with Crippen LogP contribution in [-0.4, -0.2) is 15.4 Å². The van der Waals surface area contributed by atoms with Gasteiger partial charge in [0.25, 0.3) is 0 Å². The van der Waals surface area contributed by atoms with E-state index in [4.69, 9.17) is 0 Å². The molecule has 2 aromatic rings. The van der Waals surface area contributed by atoms with E-state index in [1.165, 1.54) is 22.0 Å². The van der Waals surface area contributed by atoms with Gasteiger partial charge < -0.3 is 5.32 Å². The van der Waals surface area contributed by atoms with Crippen molar-refractivity contribution in [2.24, 2.45) is 0 Å². The normalized spacial score (nSPS) is 11.1. The van der Waals surface area contributed by atoms with Crippen LogP contribution in [0.4, 0.5) is 0 Å². The summed E-state index contributed by atoms with van der Waals surface area (Å²) in [6.45, 7) is 7.14. The van der Waals surface area contributed by atoms with Crippen LogP contribution in [-0.2, 0) is 6.54 Å². The van der Waals surface area contributed by atoms with E-state index in [1.54, 1.807) is 11.8 Å². The standard InChI is InChI=1S/C13H17N3S2/c1-9(2)14-8-11-4-6-12(7-5-11)17-13-15-10(3)16-18-13/h4-7,9,14H,8H2,1-3H3. The molecule has 0 radical (unpaired) electrons. The van der Waals surface area contributed by atoms with Gasteiger partial charge in [-0.05, 0) is 36.2 Å². The number of rotatable bonds is 5. The molecule has 0 aliphatic carbocycles. The molecule has 0 spiro atoms. The van der Waals surface area contributed by atoms with Gasteiger partial charge in [-0.15, -0.1) is 0 Å². The van der Waals surface area contributed by atoms with Crippen molar-refractivity contribution in [1.29, 1.82) is 0 Å². The third kappa shape index (κ3) is 4.08. The Balaban J connectivity index is 1.95. The van der Waals surface area contributed by atoms with E-state index in [-0.39, 0.29) is 0 Å². The van der Waals surface area contributed by atoms with Crippen LogP contribution in [0.3, 0.4) is 0 Å². The molecule has 0 fully saturated rings. The highest BCUT2D eigenvalue weighted by Crippen LogP contribution is 2.28. The second kappa shape index (κ2) is 6.31. The Labute approximate surface area is 116 Å². The van der Waals surface area contributed by atoms with E-state index in [2.05, 4.69) is 52.8 Å². The van der Waals surface area contributed by atoms with Gasteiger partial charge in [-0.3, -0.25) is 0 Å². The average Bonchev–Trinajstić information content (AvgIpc) is 2.74. The molecule has 0 amide bonds. The topological polar surface area (TPSA) is 37.8 Å². The maximum atomic E-state index is 4.35. The van der Waals surface area contributed by atoms with Crippen LogP contribution in [0.25, 0.3) is 0 Å². The Bertz CT molecular complexity index is 491. The van der Waals surface area contributed by atoms with Gasteiger partial charge in [-0.25, -0.2) is 4.98 Å². The highest BCUT2D eigenvalue weighted by Gasteiger charge is 2.03. The van der Waals surface area contributed by atoms with Crippen molar-refractivity contribution in [2.75, 3.05) is 0 Å².